The van der Waals surface area contributed by atoms with Gasteiger partial charge in [0, 0.05) is 13.5 Å². The molecule has 0 aliphatic carbocycles. The van der Waals surface area contributed by atoms with Crippen LogP contribution < -0.4 is 0 Å². The van der Waals surface area contributed by atoms with Crippen molar-refractivity contribution < 1.29 is 44.5 Å². The third-order valence-corrected chi connectivity index (χ3v) is 4.03. The van der Waals surface area contributed by atoms with E-state index in [0.29, 0.717) is 0 Å². The van der Waals surface area contributed by atoms with Crippen LogP contribution >= 0.6 is 0 Å². The minimum atomic E-state index is -1.33. The summed E-state index contributed by atoms with van der Waals surface area (Å²) >= 11 is 0. The molecule has 2 aliphatic rings. The van der Waals surface area contributed by atoms with E-state index in [1.165, 1.54) is 7.11 Å². The van der Waals surface area contributed by atoms with Crippen molar-refractivity contribution in [2.75, 3.05) is 13.7 Å². The summed E-state index contributed by atoms with van der Waals surface area (Å²) in [7, 11) is 1.31. The molecule has 5 N–H and O–H groups in total. The molecule has 0 amide bonds. The third-order valence-electron chi connectivity index (χ3n) is 4.03. The Labute approximate surface area is 128 Å². The smallest absolute Gasteiger partial charge is 0.186 e. The van der Waals surface area contributed by atoms with E-state index in [0.717, 1.165) is 0 Å². The fourth-order valence-electron chi connectivity index (χ4n) is 2.63. The number of hydrogen-bond acceptors (Lipinski definition) is 9. The van der Waals surface area contributed by atoms with Gasteiger partial charge in [-0.1, -0.05) is 0 Å². The number of hydrogen-bond donors (Lipinski definition) is 5. The lowest BCUT2D eigenvalue weighted by atomic mass is 9.98. The average Bonchev–Trinajstić information content (AvgIpc) is 2.49. The molecule has 22 heavy (non-hydrogen) atoms. The Bertz CT molecular complexity index is 338. The molecule has 0 radical (unpaired) electrons. The highest BCUT2D eigenvalue weighted by atomic mass is 16.7. The molecule has 0 unspecified atom stereocenters. The van der Waals surface area contributed by atoms with Crippen LogP contribution in [0.3, 0.4) is 0 Å². The zero-order valence-corrected chi connectivity index (χ0v) is 12.5. The van der Waals surface area contributed by atoms with E-state index in [2.05, 4.69) is 0 Å². The van der Waals surface area contributed by atoms with Gasteiger partial charge in [-0.25, -0.2) is 0 Å². The Balaban J connectivity index is 2.07. The van der Waals surface area contributed by atoms with Gasteiger partial charge in [0.2, 0.25) is 0 Å². The summed E-state index contributed by atoms with van der Waals surface area (Å²) in [4.78, 5) is 0. The molecule has 9 heteroatoms. The molecule has 0 saturated carbocycles. The highest BCUT2D eigenvalue weighted by Gasteiger charge is 2.48. The summed E-state index contributed by atoms with van der Waals surface area (Å²) in [6.07, 6.45) is -9.49. The number of methoxy groups -OCH3 is 1. The molecular formula is C13H24O9. The van der Waals surface area contributed by atoms with Gasteiger partial charge in [0.1, 0.15) is 30.5 Å². The van der Waals surface area contributed by atoms with Crippen molar-refractivity contribution in [1.29, 1.82) is 0 Å². The van der Waals surface area contributed by atoms with Crippen molar-refractivity contribution in [1.82, 2.24) is 0 Å². The van der Waals surface area contributed by atoms with Gasteiger partial charge in [-0.05, 0) is 6.92 Å². The van der Waals surface area contributed by atoms with Crippen LogP contribution in [0.25, 0.3) is 0 Å². The highest BCUT2D eigenvalue weighted by Crippen LogP contribution is 2.28. The minimum Gasteiger partial charge on any atom is -0.394 e. The monoisotopic (exact) mass is 324 g/mol. The van der Waals surface area contributed by atoms with Crippen LogP contribution in [0.5, 0.6) is 0 Å². The quantitative estimate of drug-likeness (QED) is 0.374. The van der Waals surface area contributed by atoms with Crippen molar-refractivity contribution in [3.63, 3.8) is 0 Å². The molecule has 2 rings (SSSR count). The summed E-state index contributed by atoms with van der Waals surface area (Å²) in [6.45, 7) is 1.13. The van der Waals surface area contributed by atoms with E-state index >= 15 is 0 Å². The molecule has 2 aliphatic heterocycles. The van der Waals surface area contributed by atoms with E-state index in [1.807, 2.05) is 0 Å². The summed E-state index contributed by atoms with van der Waals surface area (Å²) in [6, 6.07) is 0. The van der Waals surface area contributed by atoms with Crippen molar-refractivity contribution in [3.05, 3.63) is 0 Å². The van der Waals surface area contributed by atoms with Gasteiger partial charge in [-0.15, -0.1) is 0 Å². The maximum absolute atomic E-state index is 10.1. The predicted octanol–water partition coefficient (Wildman–Crippen LogP) is -2.69. The Morgan fingerprint density at radius 3 is 2.27 bits per heavy atom. The second-order valence-corrected chi connectivity index (χ2v) is 5.62. The largest absolute Gasteiger partial charge is 0.394 e. The molecule has 2 fully saturated rings. The lowest BCUT2D eigenvalue weighted by Gasteiger charge is -2.44. The highest BCUT2D eigenvalue weighted by molar-refractivity contribution is 4.91. The number of rotatable bonds is 4. The molecule has 0 aromatic rings. The molecule has 2 heterocycles. The first-order chi connectivity index (χ1) is 10.4. The third kappa shape index (κ3) is 3.58. The first-order valence-electron chi connectivity index (χ1n) is 7.21. The van der Waals surface area contributed by atoms with Gasteiger partial charge in [-0.3, -0.25) is 0 Å². The maximum Gasteiger partial charge on any atom is 0.186 e. The van der Waals surface area contributed by atoms with Crippen LogP contribution in [0.1, 0.15) is 13.3 Å². The van der Waals surface area contributed by atoms with Crippen LogP contribution in [0.15, 0.2) is 0 Å². The average molecular weight is 324 g/mol. The molecule has 9 atom stereocenters. The van der Waals surface area contributed by atoms with Gasteiger partial charge in [0.05, 0.1) is 18.8 Å². The molecule has 0 aromatic heterocycles. The topological polar surface area (TPSA) is 138 Å². The molecule has 0 bridgehead atoms. The standard InChI is InChI=1S/C13H24O9/c1-5-6(15)3-7(16)12(20-5)22-11-9(17)8(4-14)21-13(19-2)10(11)18/h5-18H,3-4H2,1-2H3/t5-,6+,7+,8-,9+,10-,11+,12+,13-/m1/s1. The fourth-order valence-corrected chi connectivity index (χ4v) is 2.63. The van der Waals surface area contributed by atoms with E-state index in [9.17, 15) is 25.5 Å². The summed E-state index contributed by atoms with van der Waals surface area (Å²) < 4.78 is 21.0. The fraction of sp³-hybridized carbons (Fsp3) is 1.00. The number of aliphatic hydroxyl groups is 5. The van der Waals surface area contributed by atoms with Gasteiger partial charge in [0.15, 0.2) is 12.6 Å². The molecule has 9 nitrogen and oxygen atoms in total. The maximum atomic E-state index is 10.1. The lowest BCUT2D eigenvalue weighted by molar-refractivity contribution is -0.345. The summed E-state index contributed by atoms with van der Waals surface area (Å²) in [5.41, 5.74) is 0. The number of aliphatic hydroxyl groups excluding tert-OH is 5. The molecule has 0 aromatic carbocycles. The number of ether oxygens (including phenoxy) is 4. The van der Waals surface area contributed by atoms with E-state index < -0.39 is 61.9 Å². The van der Waals surface area contributed by atoms with Crippen LogP contribution in [0.2, 0.25) is 0 Å². The van der Waals surface area contributed by atoms with E-state index in [1.54, 1.807) is 6.92 Å². The van der Waals surface area contributed by atoms with Gasteiger partial charge in [0.25, 0.3) is 0 Å². The molecule has 0 spiro atoms. The SMILES string of the molecule is CO[C@@H]1O[C@H](CO)[C@H](O)[C@H](O[C@@H]2O[C@H](C)[C@@H](O)C[C@@H]2O)[C@H]1O. The predicted molar refractivity (Wildman–Crippen MR) is 70.6 cm³/mol. The van der Waals surface area contributed by atoms with Gasteiger partial charge < -0.3 is 44.5 Å². The zero-order chi connectivity index (χ0) is 16.4. The Hall–Kier alpha value is -0.360. The first kappa shape index (κ1) is 18.0. The van der Waals surface area contributed by atoms with E-state index in [-0.39, 0.29) is 6.42 Å². The van der Waals surface area contributed by atoms with Crippen molar-refractivity contribution in [3.8, 4) is 0 Å². The molecule has 2 saturated heterocycles. The van der Waals surface area contributed by atoms with Gasteiger partial charge >= 0.3 is 0 Å². The van der Waals surface area contributed by atoms with Crippen LogP contribution in [0.4, 0.5) is 0 Å². The van der Waals surface area contributed by atoms with Crippen molar-refractivity contribution in [2.45, 2.75) is 68.7 Å². The Morgan fingerprint density at radius 2 is 1.68 bits per heavy atom. The summed E-state index contributed by atoms with van der Waals surface area (Å²) in [5.74, 6) is 0. The Kier molecular flexibility index (Phi) is 6.11. The molecular weight excluding hydrogens is 300 g/mol. The van der Waals surface area contributed by atoms with Crippen molar-refractivity contribution in [2.24, 2.45) is 0 Å². The van der Waals surface area contributed by atoms with E-state index in [4.69, 9.17) is 18.9 Å². The van der Waals surface area contributed by atoms with Crippen LogP contribution in [-0.4, -0.2) is 94.6 Å². The lowest BCUT2D eigenvalue weighted by Crippen LogP contribution is -2.62. The Morgan fingerprint density at radius 1 is 1.00 bits per heavy atom. The van der Waals surface area contributed by atoms with Crippen molar-refractivity contribution >= 4 is 0 Å². The summed E-state index contributed by atoms with van der Waals surface area (Å²) in [5, 5.41) is 49.0. The zero-order valence-electron chi connectivity index (χ0n) is 12.5. The minimum absolute atomic E-state index is 0.0539. The first-order valence-corrected chi connectivity index (χ1v) is 7.21. The van der Waals surface area contributed by atoms with Crippen LogP contribution in [0, 0.1) is 0 Å². The normalized spacial score (nSPS) is 50.0. The second kappa shape index (κ2) is 7.47. The molecule has 130 valence electrons. The second-order valence-electron chi connectivity index (χ2n) is 5.62. The van der Waals surface area contributed by atoms with Crippen LogP contribution in [-0.2, 0) is 18.9 Å². The van der Waals surface area contributed by atoms with Gasteiger partial charge in [-0.2, -0.15) is 0 Å².